The van der Waals surface area contributed by atoms with Gasteiger partial charge in [0.2, 0.25) is 8.40 Å². The van der Waals surface area contributed by atoms with Gasteiger partial charge in [-0.05, 0) is 26.2 Å². The molecule has 11 heavy (non-hydrogen) atoms. The van der Waals surface area contributed by atoms with Gasteiger partial charge in [-0.1, -0.05) is 13.1 Å². The summed E-state index contributed by atoms with van der Waals surface area (Å²) in [6.07, 6.45) is 0. The third-order valence-corrected chi connectivity index (χ3v) is 10.3. The predicted octanol–water partition coefficient (Wildman–Crippen LogP) is 1.78. The molecule has 0 rings (SSSR count). The van der Waals surface area contributed by atoms with Gasteiger partial charge >= 0.3 is 0 Å². The summed E-state index contributed by atoms with van der Waals surface area (Å²) in [6, 6.07) is 0. The standard InChI is InChI=1S/C6H20N2Si3/c1-9(2)7-11(5,6)8-10(3)4/h7,9H,1-6H3. The Labute approximate surface area is 74.6 Å². The Morgan fingerprint density at radius 2 is 1.73 bits per heavy atom. The minimum Gasteiger partial charge on any atom is -0.354 e. The molecule has 0 aliphatic heterocycles. The summed E-state index contributed by atoms with van der Waals surface area (Å²) in [4.78, 5) is 0. The van der Waals surface area contributed by atoms with Gasteiger partial charge < -0.3 is 8.95 Å². The van der Waals surface area contributed by atoms with Crippen LogP contribution in [0, 0.1) is 0 Å². The van der Waals surface area contributed by atoms with Gasteiger partial charge in [-0.2, -0.15) is 0 Å². The molecule has 0 heterocycles. The molecule has 0 spiro atoms. The SMILES string of the molecule is C[Si](C)=N[Si](C)(C)N[SiH](C)C. The fraction of sp³-hybridized carbons (Fsp3) is 1.00. The van der Waals surface area contributed by atoms with E-state index < -0.39 is 25.9 Å². The summed E-state index contributed by atoms with van der Waals surface area (Å²) in [5.41, 5.74) is 0. The van der Waals surface area contributed by atoms with E-state index in [4.69, 9.17) is 4.30 Å². The van der Waals surface area contributed by atoms with Crippen LogP contribution in [0.1, 0.15) is 0 Å². The lowest BCUT2D eigenvalue weighted by Gasteiger charge is -2.22. The maximum absolute atomic E-state index is 4.81. The van der Waals surface area contributed by atoms with Crippen molar-refractivity contribution in [3.05, 3.63) is 0 Å². The second kappa shape index (κ2) is 4.44. The van der Waals surface area contributed by atoms with E-state index in [1.807, 2.05) is 0 Å². The maximum atomic E-state index is 4.81. The Morgan fingerprint density at radius 3 is 2.00 bits per heavy atom. The molecule has 1 N–H and O–H groups in total. The van der Waals surface area contributed by atoms with Crippen molar-refractivity contribution in [2.75, 3.05) is 0 Å². The number of nitrogens with one attached hydrogen (secondary N) is 1. The molecule has 0 radical (unpaired) electrons. The molecule has 0 aliphatic carbocycles. The number of rotatable bonds is 3. The molecule has 0 saturated carbocycles. The van der Waals surface area contributed by atoms with Gasteiger partial charge in [0.25, 0.3) is 0 Å². The Kier molecular flexibility index (Phi) is 4.61. The molecule has 0 aromatic rings. The smallest absolute Gasteiger partial charge is 0.228 e. The lowest BCUT2D eigenvalue weighted by molar-refractivity contribution is 1.32. The fourth-order valence-electron chi connectivity index (χ4n) is 1.30. The van der Waals surface area contributed by atoms with E-state index in [2.05, 4.69) is 43.9 Å². The van der Waals surface area contributed by atoms with Crippen LogP contribution in [0.2, 0.25) is 39.3 Å². The molecule has 0 amide bonds. The zero-order valence-corrected chi connectivity index (χ0v) is 11.7. The highest BCUT2D eigenvalue weighted by Crippen LogP contribution is 1.99. The van der Waals surface area contributed by atoms with E-state index in [0.717, 1.165) is 0 Å². The first kappa shape index (κ1) is 11.4. The van der Waals surface area contributed by atoms with Crippen LogP contribution >= 0.6 is 0 Å². The molecular weight excluding hydrogens is 184 g/mol. The van der Waals surface area contributed by atoms with Crippen molar-refractivity contribution in [3.63, 3.8) is 0 Å². The lowest BCUT2D eigenvalue weighted by Crippen LogP contribution is -2.49. The number of hydrogen-bond acceptors (Lipinski definition) is 2. The molecule has 5 heteroatoms. The summed E-state index contributed by atoms with van der Waals surface area (Å²) in [5, 5.41) is 0. The zero-order valence-electron chi connectivity index (χ0n) is 8.52. The molecule has 66 valence electrons. The van der Waals surface area contributed by atoms with Gasteiger partial charge in [-0.15, -0.1) is 0 Å². The van der Waals surface area contributed by atoms with Crippen molar-refractivity contribution in [2.45, 2.75) is 39.3 Å². The highest BCUT2D eigenvalue weighted by molar-refractivity contribution is 6.85. The number of hydrogen-bond donors (Lipinski definition) is 1. The summed E-state index contributed by atoms with van der Waals surface area (Å²) in [6.45, 7) is 13.8. The van der Waals surface area contributed by atoms with E-state index >= 15 is 0 Å². The summed E-state index contributed by atoms with van der Waals surface area (Å²) < 4.78 is 8.50. The molecule has 0 aromatic carbocycles. The minimum absolute atomic E-state index is 0.390. The maximum Gasteiger partial charge on any atom is 0.228 e. The van der Waals surface area contributed by atoms with Gasteiger partial charge in [0.05, 0.1) is 8.96 Å². The summed E-state index contributed by atoms with van der Waals surface area (Å²) >= 11 is 0. The van der Waals surface area contributed by atoms with Gasteiger partial charge in [0.15, 0.2) is 0 Å². The monoisotopic (exact) mass is 204 g/mol. The molecule has 2 nitrogen and oxygen atoms in total. The second-order valence-electron chi connectivity index (χ2n) is 3.92. The normalized spacial score (nSPS) is 11.9. The van der Waals surface area contributed by atoms with E-state index in [-0.39, 0.29) is 0 Å². The first-order valence-corrected chi connectivity index (χ1v) is 12.4. The van der Waals surface area contributed by atoms with Gasteiger partial charge in [-0.25, -0.2) is 0 Å². The average Bonchev–Trinajstić information content (AvgIpc) is 1.53. The molecule has 0 saturated heterocycles. The molecule has 0 atom stereocenters. The third-order valence-electron chi connectivity index (χ3n) is 1.15. The van der Waals surface area contributed by atoms with Crippen LogP contribution in [0.3, 0.4) is 0 Å². The van der Waals surface area contributed by atoms with Crippen molar-refractivity contribution in [1.82, 2.24) is 4.65 Å². The molecule has 0 bridgehead atoms. The third kappa shape index (κ3) is 6.79. The van der Waals surface area contributed by atoms with Crippen LogP contribution in [0.25, 0.3) is 0 Å². The largest absolute Gasteiger partial charge is 0.354 e. The Bertz CT molecular complexity index is 150. The predicted molar refractivity (Wildman–Crippen MR) is 59.4 cm³/mol. The van der Waals surface area contributed by atoms with Crippen LogP contribution in [0.5, 0.6) is 0 Å². The van der Waals surface area contributed by atoms with Gasteiger partial charge in [0.1, 0.15) is 8.59 Å². The first-order chi connectivity index (χ1) is 4.83. The Hall–Kier alpha value is 0.411. The van der Waals surface area contributed by atoms with Crippen molar-refractivity contribution in [1.29, 1.82) is 0 Å². The highest BCUT2D eigenvalue weighted by atomic mass is 28.4. The Morgan fingerprint density at radius 1 is 1.27 bits per heavy atom. The molecule has 0 aliphatic rings. The van der Waals surface area contributed by atoms with Gasteiger partial charge in [0, 0.05) is 0 Å². The Balaban J connectivity index is 4.11. The van der Waals surface area contributed by atoms with Crippen LogP contribution < -0.4 is 4.65 Å². The first-order valence-electron chi connectivity index (χ1n) is 4.14. The average molecular weight is 204 g/mol. The van der Waals surface area contributed by atoms with Gasteiger partial charge in [-0.3, -0.25) is 0 Å². The number of nitrogens with zero attached hydrogens (tertiary/aromatic N) is 1. The van der Waals surface area contributed by atoms with Crippen LogP contribution in [0.15, 0.2) is 4.30 Å². The van der Waals surface area contributed by atoms with E-state index in [1.54, 1.807) is 0 Å². The summed E-state index contributed by atoms with van der Waals surface area (Å²) in [5.74, 6) is 0. The molecule has 0 unspecified atom stereocenters. The second-order valence-corrected chi connectivity index (χ2v) is 13.3. The van der Waals surface area contributed by atoms with Crippen molar-refractivity contribution in [2.24, 2.45) is 4.30 Å². The quantitative estimate of drug-likeness (QED) is 0.697. The van der Waals surface area contributed by atoms with E-state index in [1.165, 1.54) is 0 Å². The lowest BCUT2D eigenvalue weighted by atomic mass is 11.9. The van der Waals surface area contributed by atoms with Crippen LogP contribution in [0.4, 0.5) is 0 Å². The van der Waals surface area contributed by atoms with Crippen LogP contribution in [-0.4, -0.2) is 25.9 Å². The van der Waals surface area contributed by atoms with Crippen LogP contribution in [-0.2, 0) is 0 Å². The van der Waals surface area contributed by atoms with Crippen molar-refractivity contribution < 1.29 is 0 Å². The van der Waals surface area contributed by atoms with E-state index in [9.17, 15) is 0 Å². The van der Waals surface area contributed by atoms with Crippen molar-refractivity contribution >= 4 is 25.9 Å². The minimum atomic E-state index is -1.35. The fourth-order valence-corrected chi connectivity index (χ4v) is 12.3. The zero-order chi connectivity index (χ0) is 9.07. The molecule has 0 aromatic heterocycles. The topological polar surface area (TPSA) is 24.4 Å². The highest BCUT2D eigenvalue weighted by Gasteiger charge is 2.19. The summed E-state index contributed by atoms with van der Waals surface area (Å²) in [7, 11) is -2.36. The molecular formula is C6H20N2Si3. The van der Waals surface area contributed by atoms with Crippen molar-refractivity contribution in [3.8, 4) is 0 Å². The van der Waals surface area contributed by atoms with E-state index in [0.29, 0.717) is 0 Å². The molecule has 0 fully saturated rings.